The van der Waals surface area contributed by atoms with Gasteiger partial charge in [-0.25, -0.2) is 0 Å². The Balaban J connectivity index is 1.91. The molecule has 0 aliphatic carbocycles. The number of rotatable bonds is 6. The van der Waals surface area contributed by atoms with Gasteiger partial charge in [0.25, 0.3) is 0 Å². The molecule has 1 aliphatic heterocycles. The molecule has 134 valence electrons. The van der Waals surface area contributed by atoms with Crippen molar-refractivity contribution in [2.45, 2.75) is 46.0 Å². The fraction of sp³-hybridized carbons (Fsp3) is 0.632. The van der Waals surface area contributed by atoms with Gasteiger partial charge in [0.15, 0.2) is 0 Å². The van der Waals surface area contributed by atoms with Crippen LogP contribution in [0.4, 0.5) is 0 Å². The molecule has 2 rings (SSSR count). The van der Waals surface area contributed by atoms with Gasteiger partial charge in [-0.05, 0) is 32.9 Å². The molecule has 1 amide bonds. The summed E-state index contributed by atoms with van der Waals surface area (Å²) >= 11 is 0. The lowest BCUT2D eigenvalue weighted by molar-refractivity contribution is -0.144. The summed E-state index contributed by atoms with van der Waals surface area (Å²) in [6, 6.07) is 7.88. The molecule has 0 bridgehead atoms. The van der Waals surface area contributed by atoms with Gasteiger partial charge in [0, 0.05) is 19.6 Å². The molecular formula is C19H30N2O3. The van der Waals surface area contributed by atoms with Crippen molar-refractivity contribution in [3.05, 3.63) is 35.4 Å². The predicted molar refractivity (Wildman–Crippen MR) is 94.8 cm³/mol. The summed E-state index contributed by atoms with van der Waals surface area (Å²) in [5.41, 5.74) is 2.06. The molecule has 1 aromatic rings. The average Bonchev–Trinajstić information content (AvgIpc) is 2.53. The number of carbonyl (C=O) groups excluding carboxylic acids is 1. The number of ether oxygens (including phenoxy) is 1. The van der Waals surface area contributed by atoms with E-state index < -0.39 is 6.10 Å². The Hall–Kier alpha value is -1.43. The Bertz CT molecular complexity index is 522. The van der Waals surface area contributed by atoms with Gasteiger partial charge in [-0.1, -0.05) is 36.8 Å². The highest BCUT2D eigenvalue weighted by Gasteiger charge is 2.27. The van der Waals surface area contributed by atoms with Gasteiger partial charge < -0.3 is 14.7 Å². The Morgan fingerprint density at radius 1 is 1.29 bits per heavy atom. The minimum atomic E-state index is -0.583. The van der Waals surface area contributed by atoms with E-state index in [1.807, 2.05) is 61.8 Å². The van der Waals surface area contributed by atoms with Crippen LogP contribution in [0, 0.1) is 6.92 Å². The minimum absolute atomic E-state index is 0.0749. The second kappa shape index (κ2) is 8.60. The van der Waals surface area contributed by atoms with Crippen molar-refractivity contribution in [3.8, 4) is 0 Å². The van der Waals surface area contributed by atoms with Crippen LogP contribution in [0.25, 0.3) is 0 Å². The smallest absolute Gasteiger partial charge is 0.236 e. The Labute approximate surface area is 145 Å². The fourth-order valence-electron chi connectivity index (χ4n) is 3.12. The maximum absolute atomic E-state index is 12.6. The van der Waals surface area contributed by atoms with Crippen molar-refractivity contribution in [3.63, 3.8) is 0 Å². The van der Waals surface area contributed by atoms with E-state index in [4.69, 9.17) is 4.74 Å². The molecule has 1 saturated heterocycles. The van der Waals surface area contributed by atoms with Crippen molar-refractivity contribution in [1.29, 1.82) is 0 Å². The van der Waals surface area contributed by atoms with Crippen LogP contribution < -0.4 is 0 Å². The first kappa shape index (κ1) is 18.9. The van der Waals surface area contributed by atoms with Gasteiger partial charge in [-0.15, -0.1) is 0 Å². The molecule has 5 nitrogen and oxygen atoms in total. The normalized spacial score (nSPS) is 22.7. The summed E-state index contributed by atoms with van der Waals surface area (Å²) in [6.45, 7) is 10.8. The van der Waals surface area contributed by atoms with E-state index in [0.717, 1.165) is 12.1 Å². The summed E-state index contributed by atoms with van der Waals surface area (Å²) in [5.74, 6) is 0.106. The van der Waals surface area contributed by atoms with Crippen molar-refractivity contribution in [2.24, 2.45) is 0 Å². The van der Waals surface area contributed by atoms with E-state index in [-0.39, 0.29) is 18.1 Å². The largest absolute Gasteiger partial charge is 0.387 e. The van der Waals surface area contributed by atoms with Crippen LogP contribution in [0.5, 0.6) is 0 Å². The predicted octanol–water partition coefficient (Wildman–Crippen LogP) is 1.99. The van der Waals surface area contributed by atoms with E-state index in [1.165, 1.54) is 5.56 Å². The number of hydrogen-bond acceptors (Lipinski definition) is 4. The maximum Gasteiger partial charge on any atom is 0.236 e. The van der Waals surface area contributed by atoms with Gasteiger partial charge in [0.2, 0.25) is 5.91 Å². The third-order valence-electron chi connectivity index (χ3n) is 4.47. The summed E-state index contributed by atoms with van der Waals surface area (Å²) in [5, 5.41) is 10.4. The number of morpholine rings is 1. The summed E-state index contributed by atoms with van der Waals surface area (Å²) in [6.07, 6.45) is -0.433. The van der Waals surface area contributed by atoms with E-state index >= 15 is 0 Å². The molecule has 1 fully saturated rings. The molecule has 24 heavy (non-hydrogen) atoms. The maximum atomic E-state index is 12.6. The van der Waals surface area contributed by atoms with Crippen LogP contribution in [-0.2, 0) is 9.53 Å². The monoisotopic (exact) mass is 334 g/mol. The van der Waals surface area contributed by atoms with Crippen LogP contribution in [0.3, 0.4) is 0 Å². The van der Waals surface area contributed by atoms with E-state index in [1.54, 1.807) is 0 Å². The van der Waals surface area contributed by atoms with Gasteiger partial charge >= 0.3 is 0 Å². The van der Waals surface area contributed by atoms with Crippen LogP contribution in [0.15, 0.2) is 24.3 Å². The number of carbonyl (C=O) groups is 1. The lowest BCUT2D eigenvalue weighted by Crippen LogP contribution is -2.51. The topological polar surface area (TPSA) is 53.0 Å². The molecule has 0 saturated carbocycles. The average molecular weight is 334 g/mol. The summed E-state index contributed by atoms with van der Waals surface area (Å²) in [4.78, 5) is 16.4. The highest BCUT2D eigenvalue weighted by atomic mass is 16.5. The molecule has 3 atom stereocenters. The minimum Gasteiger partial charge on any atom is -0.387 e. The van der Waals surface area contributed by atoms with Crippen molar-refractivity contribution in [1.82, 2.24) is 9.80 Å². The molecule has 0 radical (unpaired) electrons. The Morgan fingerprint density at radius 2 is 1.88 bits per heavy atom. The van der Waals surface area contributed by atoms with Crippen molar-refractivity contribution < 1.29 is 14.6 Å². The summed E-state index contributed by atoms with van der Waals surface area (Å²) in [7, 11) is 0. The number of nitrogens with zero attached hydrogens (tertiary/aromatic N) is 2. The Morgan fingerprint density at radius 3 is 2.42 bits per heavy atom. The zero-order valence-electron chi connectivity index (χ0n) is 15.2. The number of aliphatic hydroxyl groups is 1. The van der Waals surface area contributed by atoms with E-state index in [2.05, 4.69) is 0 Å². The number of aliphatic hydroxyl groups excluding tert-OH is 1. The van der Waals surface area contributed by atoms with Crippen LogP contribution >= 0.6 is 0 Å². The first-order valence-electron chi connectivity index (χ1n) is 8.79. The first-order chi connectivity index (χ1) is 11.4. The number of aryl methyl sites for hydroxylation is 1. The molecule has 5 heteroatoms. The fourth-order valence-corrected chi connectivity index (χ4v) is 3.12. The SMILES string of the molecule is CCN(CC(=O)N1CC(C)OC(C)C1)CC(O)c1ccc(C)cc1. The van der Waals surface area contributed by atoms with E-state index in [9.17, 15) is 9.90 Å². The lowest BCUT2D eigenvalue weighted by Gasteiger charge is -2.36. The number of amides is 1. The third-order valence-corrected chi connectivity index (χ3v) is 4.47. The molecular weight excluding hydrogens is 304 g/mol. The van der Waals surface area contributed by atoms with Gasteiger partial charge in [0.05, 0.1) is 24.9 Å². The molecule has 1 N–H and O–H groups in total. The zero-order chi connectivity index (χ0) is 17.7. The molecule has 1 heterocycles. The third kappa shape index (κ3) is 5.30. The van der Waals surface area contributed by atoms with Crippen molar-refractivity contribution in [2.75, 3.05) is 32.7 Å². The molecule has 1 aliphatic rings. The van der Waals surface area contributed by atoms with Crippen LogP contribution in [-0.4, -0.2) is 65.7 Å². The highest BCUT2D eigenvalue weighted by Crippen LogP contribution is 2.16. The van der Waals surface area contributed by atoms with Gasteiger partial charge in [-0.3, -0.25) is 9.69 Å². The number of hydrogen-bond donors (Lipinski definition) is 1. The molecule has 0 spiro atoms. The van der Waals surface area contributed by atoms with Crippen LogP contribution in [0.1, 0.15) is 38.0 Å². The van der Waals surface area contributed by atoms with Crippen molar-refractivity contribution >= 4 is 5.91 Å². The lowest BCUT2D eigenvalue weighted by atomic mass is 10.1. The van der Waals surface area contributed by atoms with Gasteiger partial charge in [-0.2, -0.15) is 0 Å². The second-order valence-corrected chi connectivity index (χ2v) is 6.81. The number of likely N-dealkylation sites (N-methyl/N-ethyl adjacent to an activating group) is 1. The highest BCUT2D eigenvalue weighted by molar-refractivity contribution is 5.78. The van der Waals surface area contributed by atoms with Gasteiger partial charge in [0.1, 0.15) is 0 Å². The Kier molecular flexibility index (Phi) is 6.78. The molecule has 3 unspecified atom stereocenters. The second-order valence-electron chi connectivity index (χ2n) is 6.81. The quantitative estimate of drug-likeness (QED) is 0.864. The number of benzene rings is 1. The molecule has 0 aromatic heterocycles. The zero-order valence-corrected chi connectivity index (χ0v) is 15.2. The summed E-state index contributed by atoms with van der Waals surface area (Å²) < 4.78 is 5.68. The van der Waals surface area contributed by atoms with E-state index in [0.29, 0.717) is 26.2 Å². The molecule has 1 aromatic carbocycles. The first-order valence-corrected chi connectivity index (χ1v) is 8.79. The standard InChI is InChI=1S/C19H30N2O3/c1-5-20(12-18(22)17-8-6-14(2)7-9-17)13-19(23)21-10-15(3)24-16(4)11-21/h6-9,15-16,18,22H,5,10-13H2,1-4H3. The van der Waals surface area contributed by atoms with Crippen LogP contribution in [0.2, 0.25) is 0 Å².